The Bertz CT molecular complexity index is 828. The van der Waals surface area contributed by atoms with Gasteiger partial charge in [0.15, 0.2) is 0 Å². The fourth-order valence-corrected chi connectivity index (χ4v) is 5.83. The number of carbonyl (C=O) groups excluding carboxylic acids is 1. The second kappa shape index (κ2) is 10.3. The molecule has 0 bridgehead atoms. The van der Waals surface area contributed by atoms with Crippen LogP contribution in [0.5, 0.6) is 0 Å². The van der Waals surface area contributed by atoms with E-state index in [1.54, 1.807) is 0 Å². The zero-order valence-corrected chi connectivity index (χ0v) is 19.3. The largest absolute Gasteiger partial charge is 0.322 e. The smallest absolute Gasteiger partial charge is 0.317 e. The Hall–Kier alpha value is -2.29. The van der Waals surface area contributed by atoms with Crippen molar-refractivity contribution in [2.45, 2.75) is 84.2 Å². The van der Waals surface area contributed by atoms with Crippen LogP contribution in [0.4, 0.5) is 10.5 Å². The zero-order chi connectivity index (χ0) is 21.6. The van der Waals surface area contributed by atoms with Crippen molar-refractivity contribution in [3.63, 3.8) is 0 Å². The molecule has 0 aliphatic heterocycles. The standard InChI is InChI=1S/C28H38N2O/c1-21-10-9-11-22(2)27(21)29-28(31)30(20-23-12-5-3-6-13-23)26-18-16-25(17-19-26)24-14-7-4-8-15-24/h3,5-6,9-13,24-26H,4,7-8,14-20H2,1-2H3,(H,29,31)/t25-,26+. The van der Waals surface area contributed by atoms with Crippen LogP contribution in [0.25, 0.3) is 0 Å². The number of urea groups is 1. The van der Waals surface area contributed by atoms with Crippen LogP contribution in [0.15, 0.2) is 48.5 Å². The minimum atomic E-state index is 0.0439. The van der Waals surface area contributed by atoms with E-state index in [4.69, 9.17) is 0 Å². The quantitative estimate of drug-likeness (QED) is 0.536. The molecule has 2 saturated carbocycles. The van der Waals surface area contributed by atoms with E-state index in [9.17, 15) is 4.79 Å². The number of anilines is 1. The summed E-state index contributed by atoms with van der Waals surface area (Å²) in [4.78, 5) is 15.6. The Morgan fingerprint density at radius 2 is 1.42 bits per heavy atom. The molecule has 2 aromatic rings. The molecule has 2 aliphatic carbocycles. The summed E-state index contributed by atoms with van der Waals surface area (Å²) in [5.74, 6) is 1.80. The minimum absolute atomic E-state index is 0.0439. The van der Waals surface area contributed by atoms with E-state index in [-0.39, 0.29) is 6.03 Å². The second-order valence-corrected chi connectivity index (χ2v) is 9.78. The van der Waals surface area contributed by atoms with Crippen LogP contribution in [0.3, 0.4) is 0 Å². The number of carbonyl (C=O) groups is 1. The zero-order valence-electron chi connectivity index (χ0n) is 19.3. The predicted molar refractivity (Wildman–Crippen MR) is 129 cm³/mol. The SMILES string of the molecule is Cc1cccc(C)c1NC(=O)N(Cc1ccccc1)[C@H]1CC[C@@H](C2CCCCC2)CC1. The van der Waals surface area contributed by atoms with Gasteiger partial charge >= 0.3 is 6.03 Å². The molecular weight excluding hydrogens is 380 g/mol. The summed E-state index contributed by atoms with van der Waals surface area (Å²) in [6.07, 6.45) is 11.9. The first kappa shape index (κ1) is 21.9. The van der Waals surface area contributed by atoms with Gasteiger partial charge in [0.1, 0.15) is 0 Å². The van der Waals surface area contributed by atoms with E-state index in [0.29, 0.717) is 12.6 Å². The van der Waals surface area contributed by atoms with E-state index < -0.39 is 0 Å². The average Bonchev–Trinajstić information content (AvgIpc) is 2.81. The van der Waals surface area contributed by atoms with Crippen LogP contribution in [0.2, 0.25) is 0 Å². The molecule has 166 valence electrons. The van der Waals surface area contributed by atoms with Crippen molar-refractivity contribution in [3.05, 3.63) is 65.2 Å². The van der Waals surface area contributed by atoms with Gasteiger partial charge in [0, 0.05) is 18.3 Å². The van der Waals surface area contributed by atoms with Gasteiger partial charge in [-0.3, -0.25) is 0 Å². The summed E-state index contributed by atoms with van der Waals surface area (Å²) in [6, 6.07) is 17.0. The highest BCUT2D eigenvalue weighted by Gasteiger charge is 2.33. The van der Waals surface area contributed by atoms with Crippen molar-refractivity contribution >= 4 is 11.7 Å². The molecule has 31 heavy (non-hydrogen) atoms. The number of nitrogens with zero attached hydrogens (tertiary/aromatic N) is 1. The van der Waals surface area contributed by atoms with Gasteiger partial charge in [0.25, 0.3) is 0 Å². The highest BCUT2D eigenvalue weighted by molar-refractivity contribution is 5.91. The molecule has 2 aromatic carbocycles. The van der Waals surface area contributed by atoms with Gasteiger partial charge in [0.2, 0.25) is 0 Å². The Kier molecular flexibility index (Phi) is 7.32. The Balaban J connectivity index is 1.47. The lowest BCUT2D eigenvalue weighted by molar-refractivity contribution is 0.120. The number of rotatable bonds is 5. The van der Waals surface area contributed by atoms with Gasteiger partial charge in [0.05, 0.1) is 0 Å². The summed E-state index contributed by atoms with van der Waals surface area (Å²) in [5, 5.41) is 3.26. The second-order valence-electron chi connectivity index (χ2n) is 9.78. The number of hydrogen-bond donors (Lipinski definition) is 1. The Morgan fingerprint density at radius 1 is 0.806 bits per heavy atom. The van der Waals surface area contributed by atoms with Crippen molar-refractivity contribution in [1.82, 2.24) is 4.90 Å². The third-order valence-electron chi connectivity index (χ3n) is 7.67. The lowest BCUT2D eigenvalue weighted by atomic mass is 9.72. The lowest BCUT2D eigenvalue weighted by Gasteiger charge is -2.40. The molecular formula is C28H38N2O. The maximum Gasteiger partial charge on any atom is 0.322 e. The molecule has 0 unspecified atom stereocenters. The summed E-state index contributed by atoms with van der Waals surface area (Å²) in [5.41, 5.74) is 4.40. The third-order valence-corrected chi connectivity index (χ3v) is 7.67. The highest BCUT2D eigenvalue weighted by Crippen LogP contribution is 2.39. The maximum atomic E-state index is 13.5. The molecule has 4 rings (SSSR count). The average molecular weight is 419 g/mol. The van der Waals surface area contributed by atoms with Gasteiger partial charge in [-0.1, -0.05) is 80.6 Å². The van der Waals surface area contributed by atoms with Crippen molar-refractivity contribution in [2.24, 2.45) is 11.8 Å². The van der Waals surface area contributed by atoms with E-state index in [1.165, 1.54) is 50.5 Å². The lowest BCUT2D eigenvalue weighted by Crippen LogP contribution is -2.44. The molecule has 2 amide bonds. The molecule has 2 aliphatic rings. The molecule has 0 radical (unpaired) electrons. The van der Waals surface area contributed by atoms with Gasteiger partial charge in [-0.2, -0.15) is 0 Å². The fraction of sp³-hybridized carbons (Fsp3) is 0.536. The summed E-state index contributed by atoms with van der Waals surface area (Å²) in [7, 11) is 0. The van der Waals surface area contributed by atoms with Gasteiger partial charge in [-0.25, -0.2) is 4.79 Å². The molecule has 2 fully saturated rings. The number of amides is 2. The van der Waals surface area contributed by atoms with Crippen LogP contribution in [-0.4, -0.2) is 17.0 Å². The number of benzene rings is 2. The van der Waals surface area contributed by atoms with Crippen LogP contribution in [0, 0.1) is 25.7 Å². The van der Waals surface area contributed by atoms with Gasteiger partial charge in [-0.15, -0.1) is 0 Å². The summed E-state index contributed by atoms with van der Waals surface area (Å²) in [6.45, 7) is 4.81. The summed E-state index contributed by atoms with van der Waals surface area (Å²) >= 11 is 0. The van der Waals surface area contributed by atoms with Crippen molar-refractivity contribution in [1.29, 1.82) is 0 Å². The molecule has 1 N–H and O–H groups in total. The third kappa shape index (κ3) is 5.50. The molecule has 0 saturated heterocycles. The number of para-hydroxylation sites is 1. The van der Waals surface area contributed by atoms with E-state index in [0.717, 1.165) is 41.5 Å². The minimum Gasteiger partial charge on any atom is -0.317 e. The molecule has 0 spiro atoms. The maximum absolute atomic E-state index is 13.5. The first-order valence-corrected chi connectivity index (χ1v) is 12.3. The Morgan fingerprint density at radius 3 is 2.06 bits per heavy atom. The molecule has 0 atom stereocenters. The van der Waals surface area contributed by atoms with E-state index in [1.807, 2.05) is 6.07 Å². The van der Waals surface area contributed by atoms with Crippen LogP contribution in [0.1, 0.15) is 74.5 Å². The van der Waals surface area contributed by atoms with Crippen LogP contribution in [-0.2, 0) is 6.54 Å². The topological polar surface area (TPSA) is 32.3 Å². The van der Waals surface area contributed by atoms with Gasteiger partial charge in [-0.05, 0) is 68.1 Å². The van der Waals surface area contributed by atoms with Crippen molar-refractivity contribution < 1.29 is 4.79 Å². The van der Waals surface area contributed by atoms with Crippen molar-refractivity contribution in [3.8, 4) is 0 Å². The first-order valence-electron chi connectivity index (χ1n) is 12.3. The normalized spacial score (nSPS) is 22.1. The molecule has 0 aromatic heterocycles. The summed E-state index contributed by atoms with van der Waals surface area (Å²) < 4.78 is 0. The Labute approximate surface area is 188 Å². The monoisotopic (exact) mass is 418 g/mol. The first-order chi connectivity index (χ1) is 15.1. The van der Waals surface area contributed by atoms with E-state index >= 15 is 0 Å². The number of nitrogens with one attached hydrogen (secondary N) is 1. The molecule has 3 heteroatoms. The highest BCUT2D eigenvalue weighted by atomic mass is 16.2. The molecule has 0 heterocycles. The number of hydrogen-bond acceptors (Lipinski definition) is 1. The predicted octanol–water partition coefficient (Wildman–Crippen LogP) is 7.48. The van der Waals surface area contributed by atoms with E-state index in [2.05, 4.69) is 66.5 Å². The van der Waals surface area contributed by atoms with Crippen molar-refractivity contribution in [2.75, 3.05) is 5.32 Å². The fourth-order valence-electron chi connectivity index (χ4n) is 5.83. The van der Waals surface area contributed by atoms with Gasteiger partial charge < -0.3 is 10.2 Å². The van der Waals surface area contributed by atoms with Crippen LogP contribution < -0.4 is 5.32 Å². The van der Waals surface area contributed by atoms with Crippen LogP contribution >= 0.6 is 0 Å². The number of aryl methyl sites for hydroxylation is 2. The molecule has 3 nitrogen and oxygen atoms in total.